The zero-order valence-corrected chi connectivity index (χ0v) is 15.2. The number of para-hydroxylation sites is 1. The number of rotatable bonds is 6. The topological polar surface area (TPSA) is 46.6 Å². The molecule has 136 valence electrons. The number of nitrogens with zero attached hydrogens (tertiary/aromatic N) is 1. The highest BCUT2D eigenvalue weighted by Crippen LogP contribution is 2.17. The number of hydrogen-bond donors (Lipinski definition) is 0. The van der Waals surface area contributed by atoms with E-state index in [2.05, 4.69) is 6.58 Å². The normalized spacial score (nSPS) is 10.4. The average Bonchev–Trinajstić information content (AvgIpc) is 2.70. The zero-order valence-electron chi connectivity index (χ0n) is 15.2. The lowest BCUT2D eigenvalue weighted by Crippen LogP contribution is -2.34. The molecule has 0 heterocycles. The molecule has 3 rings (SSSR count). The number of fused-ring (bicyclic) bond motifs is 1. The second-order valence-electron chi connectivity index (χ2n) is 6.27. The number of amides is 1. The first-order chi connectivity index (χ1) is 13.1. The van der Waals surface area contributed by atoms with Crippen LogP contribution in [0.3, 0.4) is 0 Å². The number of anilines is 1. The summed E-state index contributed by atoms with van der Waals surface area (Å²) in [5.41, 5.74) is 1.66. The molecule has 0 aromatic heterocycles. The van der Waals surface area contributed by atoms with E-state index < -0.39 is 5.97 Å². The molecule has 0 aliphatic heterocycles. The molecule has 0 aliphatic rings. The van der Waals surface area contributed by atoms with E-state index in [1.54, 1.807) is 17.9 Å². The van der Waals surface area contributed by atoms with Crippen LogP contribution in [0.2, 0.25) is 0 Å². The van der Waals surface area contributed by atoms with Gasteiger partial charge < -0.3 is 9.64 Å². The summed E-state index contributed by atoms with van der Waals surface area (Å²) >= 11 is 0. The monoisotopic (exact) mass is 359 g/mol. The maximum Gasteiger partial charge on any atom is 0.338 e. The van der Waals surface area contributed by atoms with E-state index in [1.807, 2.05) is 66.7 Å². The Morgan fingerprint density at radius 3 is 2.30 bits per heavy atom. The molecule has 3 aromatic carbocycles. The maximum atomic E-state index is 12.4. The summed E-state index contributed by atoms with van der Waals surface area (Å²) in [6, 6.07) is 22.6. The van der Waals surface area contributed by atoms with Crippen molar-refractivity contribution in [3.63, 3.8) is 0 Å². The van der Waals surface area contributed by atoms with E-state index in [1.165, 1.54) is 0 Å². The van der Waals surface area contributed by atoms with Gasteiger partial charge in [0.2, 0.25) is 0 Å². The Kier molecular flexibility index (Phi) is 5.67. The molecule has 0 unspecified atom stereocenters. The molecular weight excluding hydrogens is 338 g/mol. The van der Waals surface area contributed by atoms with Gasteiger partial charge in [-0.2, -0.15) is 0 Å². The molecule has 27 heavy (non-hydrogen) atoms. The molecule has 4 nitrogen and oxygen atoms in total. The molecule has 0 atom stereocenters. The van der Waals surface area contributed by atoms with Crippen LogP contribution >= 0.6 is 0 Å². The van der Waals surface area contributed by atoms with Crippen molar-refractivity contribution >= 4 is 28.3 Å². The van der Waals surface area contributed by atoms with E-state index in [4.69, 9.17) is 4.74 Å². The Balaban J connectivity index is 1.67. The average molecular weight is 359 g/mol. The van der Waals surface area contributed by atoms with Gasteiger partial charge in [-0.1, -0.05) is 55.1 Å². The number of carbonyl (C=O) groups excluding carboxylic acids is 2. The fourth-order valence-corrected chi connectivity index (χ4v) is 2.82. The number of carbonyl (C=O) groups is 2. The molecule has 0 saturated carbocycles. The van der Waals surface area contributed by atoms with Crippen molar-refractivity contribution in [3.05, 3.63) is 90.5 Å². The van der Waals surface area contributed by atoms with Gasteiger partial charge in [0.05, 0.1) is 12.1 Å². The van der Waals surface area contributed by atoms with Crippen LogP contribution in [0.5, 0.6) is 0 Å². The highest BCUT2D eigenvalue weighted by Gasteiger charge is 2.17. The van der Waals surface area contributed by atoms with Crippen LogP contribution in [-0.2, 0) is 9.53 Å². The summed E-state index contributed by atoms with van der Waals surface area (Å²) in [4.78, 5) is 26.4. The minimum atomic E-state index is -0.406. The first-order valence-electron chi connectivity index (χ1n) is 8.74. The van der Waals surface area contributed by atoms with E-state index in [-0.39, 0.29) is 19.1 Å². The molecule has 0 radical (unpaired) electrons. The second kappa shape index (κ2) is 8.32. The Bertz CT molecular complexity index is 979. The maximum absolute atomic E-state index is 12.4. The third-order valence-electron chi connectivity index (χ3n) is 4.21. The Morgan fingerprint density at radius 1 is 0.926 bits per heavy atom. The summed E-state index contributed by atoms with van der Waals surface area (Å²) in [6.45, 7) is 5.74. The summed E-state index contributed by atoms with van der Waals surface area (Å²) in [5, 5.41) is 2.05. The minimum absolute atomic E-state index is 0.0968. The van der Waals surface area contributed by atoms with Crippen molar-refractivity contribution in [2.75, 3.05) is 18.1 Å². The van der Waals surface area contributed by atoms with E-state index >= 15 is 0 Å². The molecule has 3 aromatic rings. The molecular formula is C23H21NO3. The lowest BCUT2D eigenvalue weighted by Gasteiger charge is -2.22. The predicted octanol–water partition coefficient (Wildman–Crippen LogP) is 4.61. The van der Waals surface area contributed by atoms with Crippen LogP contribution in [0.25, 0.3) is 10.8 Å². The quantitative estimate of drug-likeness (QED) is 0.477. The fraction of sp³-hybridized carbons (Fsp3) is 0.130. The van der Waals surface area contributed by atoms with Crippen molar-refractivity contribution in [2.45, 2.75) is 6.92 Å². The lowest BCUT2D eigenvalue weighted by molar-refractivity contribution is -0.115. The molecule has 0 spiro atoms. The molecule has 0 aliphatic carbocycles. The van der Waals surface area contributed by atoms with Crippen molar-refractivity contribution in [1.29, 1.82) is 0 Å². The fourth-order valence-electron chi connectivity index (χ4n) is 2.82. The summed E-state index contributed by atoms with van der Waals surface area (Å²) in [5.74, 6) is -0.598. The lowest BCUT2D eigenvalue weighted by atomic mass is 10.1. The van der Waals surface area contributed by atoms with Gasteiger partial charge in [-0.3, -0.25) is 4.79 Å². The van der Waals surface area contributed by atoms with Crippen LogP contribution in [0.4, 0.5) is 5.69 Å². The third kappa shape index (κ3) is 4.42. The van der Waals surface area contributed by atoms with Gasteiger partial charge in [0.15, 0.2) is 0 Å². The van der Waals surface area contributed by atoms with Gasteiger partial charge in [-0.05, 0) is 42.0 Å². The van der Waals surface area contributed by atoms with Crippen molar-refractivity contribution in [3.8, 4) is 0 Å². The first-order valence-corrected chi connectivity index (χ1v) is 8.74. The second-order valence-corrected chi connectivity index (χ2v) is 6.27. The van der Waals surface area contributed by atoms with Crippen molar-refractivity contribution < 1.29 is 14.3 Å². The number of ether oxygens (including phenoxy) is 1. The molecule has 0 saturated heterocycles. The summed E-state index contributed by atoms with van der Waals surface area (Å²) in [6.07, 6.45) is 0. The molecule has 0 fully saturated rings. The highest BCUT2D eigenvalue weighted by molar-refractivity contribution is 6.04. The van der Waals surface area contributed by atoms with Crippen LogP contribution < -0.4 is 4.90 Å². The van der Waals surface area contributed by atoms with E-state index in [0.717, 1.165) is 16.5 Å². The van der Waals surface area contributed by atoms with E-state index in [0.29, 0.717) is 11.1 Å². The largest absolute Gasteiger partial charge is 0.460 e. The standard InChI is InChI=1S/C23H21NO3/c1-17(2)22(25)24(21-10-4-3-5-11-21)14-15-27-23(26)20-13-12-18-8-6-7-9-19(18)16-20/h3-13,16H,1,14-15H2,2H3. The Labute approximate surface area is 158 Å². The summed E-state index contributed by atoms with van der Waals surface area (Å²) < 4.78 is 5.40. The van der Waals surface area contributed by atoms with Crippen LogP contribution in [-0.4, -0.2) is 25.0 Å². The minimum Gasteiger partial charge on any atom is -0.460 e. The van der Waals surface area contributed by atoms with Crippen LogP contribution in [0.1, 0.15) is 17.3 Å². The highest BCUT2D eigenvalue weighted by atomic mass is 16.5. The van der Waals surface area contributed by atoms with Gasteiger partial charge in [0.25, 0.3) is 5.91 Å². The van der Waals surface area contributed by atoms with E-state index in [9.17, 15) is 9.59 Å². The predicted molar refractivity (Wildman–Crippen MR) is 108 cm³/mol. The molecule has 1 amide bonds. The van der Waals surface area contributed by atoms with Gasteiger partial charge in [-0.15, -0.1) is 0 Å². The molecule has 4 heteroatoms. The number of hydrogen-bond acceptors (Lipinski definition) is 3. The van der Waals surface area contributed by atoms with Crippen LogP contribution in [0, 0.1) is 0 Å². The SMILES string of the molecule is C=C(C)C(=O)N(CCOC(=O)c1ccc2ccccc2c1)c1ccccc1. The Morgan fingerprint density at radius 2 is 1.59 bits per heavy atom. The molecule has 0 bridgehead atoms. The van der Waals surface area contributed by atoms with Gasteiger partial charge >= 0.3 is 5.97 Å². The molecule has 0 N–H and O–H groups in total. The summed E-state index contributed by atoms with van der Waals surface area (Å²) in [7, 11) is 0. The number of benzene rings is 3. The zero-order chi connectivity index (χ0) is 19.2. The first kappa shape index (κ1) is 18.4. The van der Waals surface area contributed by atoms with Gasteiger partial charge in [-0.25, -0.2) is 4.79 Å². The van der Waals surface area contributed by atoms with Crippen LogP contribution in [0.15, 0.2) is 84.9 Å². The number of esters is 1. The van der Waals surface area contributed by atoms with Crippen molar-refractivity contribution in [1.82, 2.24) is 0 Å². The smallest absolute Gasteiger partial charge is 0.338 e. The van der Waals surface area contributed by atoms with Crippen molar-refractivity contribution in [2.24, 2.45) is 0 Å². The van der Waals surface area contributed by atoms with Gasteiger partial charge in [0.1, 0.15) is 6.61 Å². The third-order valence-corrected chi connectivity index (χ3v) is 4.21. The van der Waals surface area contributed by atoms with Gasteiger partial charge in [0, 0.05) is 11.3 Å². The Hall–Kier alpha value is -3.40.